The molecule has 0 aliphatic rings. The van der Waals surface area contributed by atoms with Gasteiger partial charge in [-0.3, -0.25) is 4.79 Å². The van der Waals surface area contributed by atoms with Gasteiger partial charge in [-0.05, 0) is 24.3 Å². The van der Waals surface area contributed by atoms with E-state index in [9.17, 15) is 4.79 Å². The average molecular weight is 349 g/mol. The molecule has 26 heavy (non-hydrogen) atoms. The highest BCUT2D eigenvalue weighted by Crippen LogP contribution is 2.27. The van der Waals surface area contributed by atoms with Crippen LogP contribution in [-0.4, -0.2) is 22.8 Å². The molecule has 0 radical (unpaired) electrons. The van der Waals surface area contributed by atoms with E-state index in [1.165, 1.54) is 0 Å². The number of hydrogen-bond acceptors (Lipinski definition) is 3. The average Bonchev–Trinajstić information content (AvgIpc) is 3.06. The van der Waals surface area contributed by atoms with E-state index in [1.807, 2.05) is 48.5 Å². The molecule has 134 valence electrons. The first-order chi connectivity index (χ1) is 12.4. The first kappa shape index (κ1) is 17.7. The number of benzene rings is 2. The zero-order valence-electron chi connectivity index (χ0n) is 15.5. The lowest BCUT2D eigenvalue weighted by Gasteiger charge is -2.14. The van der Waals surface area contributed by atoms with Crippen LogP contribution < -0.4 is 10.1 Å². The van der Waals surface area contributed by atoms with Crippen molar-refractivity contribution in [1.82, 2.24) is 9.78 Å². The van der Waals surface area contributed by atoms with Crippen LogP contribution in [0.25, 0.3) is 5.69 Å². The molecule has 0 atom stereocenters. The van der Waals surface area contributed by atoms with E-state index in [0.29, 0.717) is 17.1 Å². The molecule has 0 aliphatic heterocycles. The summed E-state index contributed by atoms with van der Waals surface area (Å²) in [6.45, 7) is 6.28. The van der Waals surface area contributed by atoms with Crippen LogP contribution in [0, 0.1) is 0 Å². The van der Waals surface area contributed by atoms with Crippen LogP contribution in [0.15, 0.2) is 60.7 Å². The maximum absolute atomic E-state index is 12.8. The molecule has 0 unspecified atom stereocenters. The first-order valence-electron chi connectivity index (χ1n) is 8.50. The Hall–Kier alpha value is -3.08. The van der Waals surface area contributed by atoms with Gasteiger partial charge in [-0.2, -0.15) is 5.10 Å². The van der Waals surface area contributed by atoms with Crippen molar-refractivity contribution in [2.45, 2.75) is 26.2 Å². The number of nitrogens with one attached hydrogen (secondary N) is 1. The zero-order valence-corrected chi connectivity index (χ0v) is 15.5. The number of anilines is 1. The van der Waals surface area contributed by atoms with E-state index >= 15 is 0 Å². The van der Waals surface area contributed by atoms with Crippen LogP contribution in [0.5, 0.6) is 5.75 Å². The second kappa shape index (κ2) is 7.04. The Morgan fingerprint density at radius 2 is 1.69 bits per heavy atom. The molecule has 3 rings (SSSR count). The van der Waals surface area contributed by atoms with Crippen molar-refractivity contribution in [2.75, 3.05) is 12.4 Å². The summed E-state index contributed by atoms with van der Waals surface area (Å²) in [6, 6.07) is 18.8. The fourth-order valence-corrected chi connectivity index (χ4v) is 2.62. The molecule has 0 aliphatic carbocycles. The molecule has 1 amide bonds. The summed E-state index contributed by atoms with van der Waals surface area (Å²) in [4.78, 5) is 12.8. The zero-order chi connectivity index (χ0) is 18.7. The molecule has 0 saturated carbocycles. The van der Waals surface area contributed by atoms with E-state index in [4.69, 9.17) is 9.84 Å². The molecule has 2 aromatic carbocycles. The Bertz CT molecular complexity index is 909. The lowest BCUT2D eigenvalue weighted by atomic mass is 9.92. The van der Waals surface area contributed by atoms with Gasteiger partial charge in [-0.15, -0.1) is 0 Å². The van der Waals surface area contributed by atoms with Gasteiger partial charge in [0, 0.05) is 11.5 Å². The highest BCUT2D eigenvalue weighted by molar-refractivity contribution is 6.05. The Kier molecular flexibility index (Phi) is 4.80. The second-order valence-electron chi connectivity index (χ2n) is 7.07. The quantitative estimate of drug-likeness (QED) is 0.758. The Labute approximate surface area is 153 Å². The number of carbonyl (C=O) groups is 1. The summed E-state index contributed by atoms with van der Waals surface area (Å²) < 4.78 is 7.05. The molecule has 1 heterocycles. The highest BCUT2D eigenvalue weighted by Gasteiger charge is 2.22. The van der Waals surface area contributed by atoms with E-state index in [-0.39, 0.29) is 11.3 Å². The van der Waals surface area contributed by atoms with Crippen LogP contribution in [0.4, 0.5) is 5.82 Å². The number of hydrogen-bond donors (Lipinski definition) is 1. The summed E-state index contributed by atoms with van der Waals surface area (Å²) in [5.74, 6) is 0.920. The molecule has 1 N–H and O–H groups in total. The summed E-state index contributed by atoms with van der Waals surface area (Å²) in [5, 5.41) is 7.69. The van der Waals surface area contributed by atoms with E-state index < -0.39 is 0 Å². The van der Waals surface area contributed by atoms with Gasteiger partial charge >= 0.3 is 0 Å². The molecular weight excluding hydrogens is 326 g/mol. The number of nitrogens with zero attached hydrogens (tertiary/aromatic N) is 2. The van der Waals surface area contributed by atoms with E-state index in [1.54, 1.807) is 23.9 Å². The molecule has 3 aromatic rings. The number of methoxy groups -OCH3 is 1. The predicted octanol–water partition coefficient (Wildman–Crippen LogP) is 4.43. The van der Waals surface area contributed by atoms with Gasteiger partial charge in [0.1, 0.15) is 11.6 Å². The lowest BCUT2D eigenvalue weighted by Crippen LogP contribution is -2.16. The fourth-order valence-electron chi connectivity index (χ4n) is 2.62. The van der Waals surface area contributed by atoms with Gasteiger partial charge in [0.05, 0.1) is 24.1 Å². The molecular formula is C21H23N3O2. The number of ether oxygens (including phenoxy) is 1. The van der Waals surface area contributed by atoms with Gasteiger partial charge in [0.2, 0.25) is 0 Å². The number of rotatable bonds is 4. The molecule has 0 spiro atoms. The van der Waals surface area contributed by atoms with Crippen molar-refractivity contribution in [3.8, 4) is 11.4 Å². The van der Waals surface area contributed by atoms with Crippen LogP contribution in [0.3, 0.4) is 0 Å². The summed E-state index contributed by atoms with van der Waals surface area (Å²) in [6.07, 6.45) is 0. The molecule has 0 bridgehead atoms. The van der Waals surface area contributed by atoms with E-state index in [2.05, 4.69) is 26.1 Å². The van der Waals surface area contributed by atoms with Crippen LogP contribution in [0.1, 0.15) is 36.8 Å². The molecule has 1 aromatic heterocycles. The van der Waals surface area contributed by atoms with Crippen molar-refractivity contribution in [3.05, 3.63) is 71.9 Å². The van der Waals surface area contributed by atoms with Gasteiger partial charge in [0.25, 0.3) is 5.91 Å². The molecule has 0 saturated heterocycles. The van der Waals surface area contributed by atoms with Crippen LogP contribution in [-0.2, 0) is 5.41 Å². The topological polar surface area (TPSA) is 56.1 Å². The number of amides is 1. The standard InChI is InChI=1S/C21H23N3O2/c1-21(2,3)18-14-19(24(23-18)15-10-6-5-7-11-15)22-20(25)16-12-8-9-13-17(16)26-4/h5-14H,1-4H3,(H,22,25). The minimum atomic E-state index is -0.236. The van der Waals surface area contributed by atoms with Gasteiger partial charge in [-0.25, -0.2) is 4.68 Å². The number of aromatic nitrogens is 2. The van der Waals surface area contributed by atoms with Gasteiger partial charge in [0.15, 0.2) is 0 Å². The Balaban J connectivity index is 2.01. The minimum Gasteiger partial charge on any atom is -0.496 e. The Morgan fingerprint density at radius 1 is 1.04 bits per heavy atom. The molecule has 5 heteroatoms. The van der Waals surface area contributed by atoms with Crippen LogP contribution in [0.2, 0.25) is 0 Å². The maximum Gasteiger partial charge on any atom is 0.260 e. The van der Waals surface area contributed by atoms with Crippen molar-refractivity contribution in [2.24, 2.45) is 0 Å². The smallest absolute Gasteiger partial charge is 0.260 e. The predicted molar refractivity (Wildman–Crippen MR) is 103 cm³/mol. The fraction of sp³-hybridized carbons (Fsp3) is 0.238. The van der Waals surface area contributed by atoms with Crippen molar-refractivity contribution >= 4 is 11.7 Å². The van der Waals surface area contributed by atoms with Crippen LogP contribution >= 0.6 is 0 Å². The molecule has 0 fully saturated rings. The summed E-state index contributed by atoms with van der Waals surface area (Å²) >= 11 is 0. The lowest BCUT2D eigenvalue weighted by molar-refractivity contribution is 0.102. The Morgan fingerprint density at radius 3 is 2.35 bits per heavy atom. The SMILES string of the molecule is COc1ccccc1C(=O)Nc1cc(C(C)(C)C)nn1-c1ccccc1. The third kappa shape index (κ3) is 3.61. The molecule has 5 nitrogen and oxygen atoms in total. The van der Waals surface area contributed by atoms with Crippen molar-refractivity contribution in [3.63, 3.8) is 0 Å². The third-order valence-electron chi connectivity index (χ3n) is 4.07. The number of para-hydroxylation sites is 2. The summed E-state index contributed by atoms with van der Waals surface area (Å²) in [5.41, 5.74) is 2.13. The minimum absolute atomic E-state index is 0.135. The van der Waals surface area contributed by atoms with Gasteiger partial charge in [-0.1, -0.05) is 51.1 Å². The monoisotopic (exact) mass is 349 g/mol. The number of carbonyl (C=O) groups excluding carboxylic acids is 1. The van der Waals surface area contributed by atoms with E-state index in [0.717, 1.165) is 11.4 Å². The van der Waals surface area contributed by atoms with Crippen molar-refractivity contribution < 1.29 is 9.53 Å². The maximum atomic E-state index is 12.8. The highest BCUT2D eigenvalue weighted by atomic mass is 16.5. The summed E-state index contributed by atoms with van der Waals surface area (Å²) in [7, 11) is 1.55. The normalized spacial score (nSPS) is 11.2. The van der Waals surface area contributed by atoms with Gasteiger partial charge < -0.3 is 10.1 Å². The second-order valence-corrected chi connectivity index (χ2v) is 7.07. The first-order valence-corrected chi connectivity index (χ1v) is 8.50. The van der Waals surface area contributed by atoms with Crippen molar-refractivity contribution in [1.29, 1.82) is 0 Å². The largest absolute Gasteiger partial charge is 0.496 e. The third-order valence-corrected chi connectivity index (χ3v) is 4.07.